The Morgan fingerprint density at radius 2 is 1.86 bits per heavy atom. The van der Waals surface area contributed by atoms with Gasteiger partial charge in [0.05, 0.1) is 10.2 Å². The first-order valence-electron chi connectivity index (χ1n) is 7.22. The molecule has 4 heteroatoms. The van der Waals surface area contributed by atoms with Crippen molar-refractivity contribution < 1.29 is 0 Å². The van der Waals surface area contributed by atoms with Crippen LogP contribution in [0, 0.1) is 13.8 Å². The van der Waals surface area contributed by atoms with Gasteiger partial charge in [-0.2, -0.15) is 0 Å². The predicted octanol–water partition coefficient (Wildman–Crippen LogP) is 4.61. The first kappa shape index (κ1) is 16.0. The maximum absolute atomic E-state index is 4.73. The molecule has 1 aromatic carbocycles. The summed E-state index contributed by atoms with van der Waals surface area (Å²) in [5, 5.41) is 3.14. The summed E-state index contributed by atoms with van der Waals surface area (Å²) >= 11 is 3.60. The summed E-state index contributed by atoms with van der Waals surface area (Å²) in [5.74, 6) is 2.06. The van der Waals surface area contributed by atoms with Crippen molar-refractivity contribution in [3.05, 3.63) is 50.9 Å². The molecule has 0 spiro atoms. The highest BCUT2D eigenvalue weighted by atomic mass is 79.9. The second-order valence-corrected chi connectivity index (χ2v) is 6.48. The lowest BCUT2D eigenvalue weighted by atomic mass is 10.0. The second kappa shape index (κ2) is 6.56. The molecule has 1 heterocycles. The monoisotopic (exact) mass is 347 g/mol. The molecule has 0 radical (unpaired) electrons. The van der Waals surface area contributed by atoms with Gasteiger partial charge in [-0.25, -0.2) is 9.97 Å². The number of anilines is 1. The Hall–Kier alpha value is -1.42. The van der Waals surface area contributed by atoms with E-state index in [1.165, 1.54) is 16.7 Å². The Balaban J connectivity index is 2.39. The van der Waals surface area contributed by atoms with Gasteiger partial charge >= 0.3 is 0 Å². The first-order valence-corrected chi connectivity index (χ1v) is 8.01. The SMILES string of the molecule is CNc1nc(Cc2ccc(C)c(C)c2)nc(C(C)C)c1Br. The lowest BCUT2D eigenvalue weighted by Gasteiger charge is -2.13. The largest absolute Gasteiger partial charge is 0.372 e. The van der Waals surface area contributed by atoms with Crippen LogP contribution in [0.1, 0.15) is 48.0 Å². The lowest BCUT2D eigenvalue weighted by Crippen LogP contribution is -2.07. The highest BCUT2D eigenvalue weighted by Gasteiger charge is 2.14. The molecule has 0 saturated heterocycles. The fraction of sp³-hybridized carbons (Fsp3) is 0.412. The molecule has 1 aromatic heterocycles. The van der Waals surface area contributed by atoms with Gasteiger partial charge in [0.15, 0.2) is 0 Å². The fourth-order valence-electron chi connectivity index (χ4n) is 2.24. The van der Waals surface area contributed by atoms with Crippen molar-refractivity contribution in [2.75, 3.05) is 12.4 Å². The van der Waals surface area contributed by atoms with E-state index in [1.807, 2.05) is 7.05 Å². The molecule has 0 amide bonds. The zero-order chi connectivity index (χ0) is 15.6. The number of nitrogens with one attached hydrogen (secondary N) is 1. The van der Waals surface area contributed by atoms with Crippen molar-refractivity contribution >= 4 is 21.7 Å². The molecule has 0 aliphatic heterocycles. The molecule has 2 aromatic rings. The van der Waals surface area contributed by atoms with Crippen LogP contribution in [0.2, 0.25) is 0 Å². The van der Waals surface area contributed by atoms with Gasteiger partial charge < -0.3 is 5.32 Å². The molecule has 1 N–H and O–H groups in total. The number of aromatic nitrogens is 2. The minimum absolute atomic E-state index is 0.355. The summed E-state index contributed by atoms with van der Waals surface area (Å²) in [7, 11) is 1.89. The van der Waals surface area contributed by atoms with Gasteiger partial charge in [-0.3, -0.25) is 0 Å². The third kappa shape index (κ3) is 3.62. The number of rotatable bonds is 4. The zero-order valence-electron chi connectivity index (χ0n) is 13.3. The first-order chi connectivity index (χ1) is 9.92. The van der Waals surface area contributed by atoms with Crippen LogP contribution in [0.5, 0.6) is 0 Å². The van der Waals surface area contributed by atoms with Crippen LogP contribution in [0.4, 0.5) is 5.82 Å². The molecule has 2 rings (SSSR count). The molecule has 0 saturated carbocycles. The molecule has 0 atom stereocenters. The van der Waals surface area contributed by atoms with E-state index in [-0.39, 0.29) is 0 Å². The topological polar surface area (TPSA) is 37.8 Å². The molecular formula is C17H22BrN3. The minimum Gasteiger partial charge on any atom is -0.372 e. The summed E-state index contributed by atoms with van der Waals surface area (Å²) in [4.78, 5) is 9.34. The Bertz CT molecular complexity index is 651. The van der Waals surface area contributed by atoms with Crippen molar-refractivity contribution in [1.29, 1.82) is 0 Å². The molecule has 0 unspecified atom stereocenters. The smallest absolute Gasteiger partial charge is 0.144 e. The van der Waals surface area contributed by atoms with E-state index in [9.17, 15) is 0 Å². The van der Waals surface area contributed by atoms with Crippen LogP contribution in [-0.4, -0.2) is 17.0 Å². The lowest BCUT2D eigenvalue weighted by molar-refractivity contribution is 0.785. The van der Waals surface area contributed by atoms with Gasteiger partial charge in [-0.15, -0.1) is 0 Å². The van der Waals surface area contributed by atoms with Crippen LogP contribution >= 0.6 is 15.9 Å². The Morgan fingerprint density at radius 1 is 1.14 bits per heavy atom. The standard InChI is InChI=1S/C17H22BrN3/c1-10(2)16-15(18)17(19-5)21-14(20-16)9-13-7-6-11(3)12(4)8-13/h6-8,10H,9H2,1-5H3,(H,19,20,21). The summed E-state index contributed by atoms with van der Waals surface area (Å²) < 4.78 is 0.962. The molecule has 0 bridgehead atoms. The Morgan fingerprint density at radius 3 is 2.43 bits per heavy atom. The molecule has 21 heavy (non-hydrogen) atoms. The van der Waals surface area contributed by atoms with E-state index in [0.717, 1.165) is 28.2 Å². The van der Waals surface area contributed by atoms with Crippen molar-refractivity contribution in [2.45, 2.75) is 40.0 Å². The normalized spacial score (nSPS) is 11.0. The number of nitrogens with zero attached hydrogens (tertiary/aromatic N) is 2. The van der Waals surface area contributed by atoms with Crippen LogP contribution in [0.15, 0.2) is 22.7 Å². The number of halogens is 1. The number of benzene rings is 1. The van der Waals surface area contributed by atoms with Gasteiger partial charge in [0.1, 0.15) is 11.6 Å². The molecule has 0 aliphatic rings. The van der Waals surface area contributed by atoms with Crippen LogP contribution < -0.4 is 5.32 Å². The van der Waals surface area contributed by atoms with E-state index < -0.39 is 0 Å². The Kier molecular flexibility index (Phi) is 4.99. The van der Waals surface area contributed by atoms with Gasteiger partial charge in [0.2, 0.25) is 0 Å². The quantitative estimate of drug-likeness (QED) is 0.877. The maximum Gasteiger partial charge on any atom is 0.144 e. The van der Waals surface area contributed by atoms with Gasteiger partial charge in [-0.05, 0) is 52.4 Å². The number of aryl methyl sites for hydroxylation is 2. The van der Waals surface area contributed by atoms with Crippen molar-refractivity contribution in [3.8, 4) is 0 Å². The van der Waals surface area contributed by atoms with E-state index in [4.69, 9.17) is 4.98 Å². The average molecular weight is 348 g/mol. The molecule has 3 nitrogen and oxygen atoms in total. The molecular weight excluding hydrogens is 326 g/mol. The van der Waals surface area contributed by atoms with Crippen molar-refractivity contribution in [1.82, 2.24) is 9.97 Å². The molecule has 0 aliphatic carbocycles. The van der Waals surface area contributed by atoms with Crippen molar-refractivity contribution in [3.63, 3.8) is 0 Å². The fourth-order valence-corrected chi connectivity index (χ4v) is 3.07. The van der Waals surface area contributed by atoms with Crippen LogP contribution in [0.3, 0.4) is 0 Å². The minimum atomic E-state index is 0.355. The summed E-state index contributed by atoms with van der Waals surface area (Å²) in [6.45, 7) is 8.56. The zero-order valence-corrected chi connectivity index (χ0v) is 14.9. The Labute approximate surface area is 135 Å². The highest BCUT2D eigenvalue weighted by Crippen LogP contribution is 2.29. The molecule has 112 valence electrons. The summed E-state index contributed by atoms with van der Waals surface area (Å²) in [6.07, 6.45) is 0.753. The third-order valence-electron chi connectivity index (χ3n) is 3.64. The number of hydrogen-bond acceptors (Lipinski definition) is 3. The van der Waals surface area contributed by atoms with Crippen molar-refractivity contribution in [2.24, 2.45) is 0 Å². The van der Waals surface area contributed by atoms with E-state index >= 15 is 0 Å². The van der Waals surface area contributed by atoms with Gasteiger partial charge in [0.25, 0.3) is 0 Å². The second-order valence-electron chi connectivity index (χ2n) is 5.69. The molecule has 0 fully saturated rings. The van der Waals surface area contributed by atoms with E-state index in [1.54, 1.807) is 0 Å². The third-order valence-corrected chi connectivity index (χ3v) is 4.42. The van der Waals surface area contributed by atoms with Crippen LogP contribution in [0.25, 0.3) is 0 Å². The van der Waals surface area contributed by atoms with E-state index in [2.05, 4.69) is 72.1 Å². The highest BCUT2D eigenvalue weighted by molar-refractivity contribution is 9.10. The average Bonchev–Trinajstić information content (AvgIpc) is 2.44. The summed E-state index contributed by atoms with van der Waals surface area (Å²) in [6, 6.07) is 6.53. The van der Waals surface area contributed by atoms with E-state index in [0.29, 0.717) is 5.92 Å². The maximum atomic E-state index is 4.73. The van der Waals surface area contributed by atoms with Crippen LogP contribution in [-0.2, 0) is 6.42 Å². The van der Waals surface area contributed by atoms with Gasteiger partial charge in [-0.1, -0.05) is 32.0 Å². The number of hydrogen-bond donors (Lipinski definition) is 1. The predicted molar refractivity (Wildman–Crippen MR) is 92.1 cm³/mol. The van der Waals surface area contributed by atoms with Gasteiger partial charge in [0, 0.05) is 13.5 Å². The summed E-state index contributed by atoms with van der Waals surface area (Å²) in [5.41, 5.74) is 4.92.